The molecule has 3 nitrogen and oxygen atoms in total. The lowest BCUT2D eigenvalue weighted by molar-refractivity contribution is -0.160. The molecule has 2 rings (SSSR count). The van der Waals surface area contributed by atoms with Gasteiger partial charge in [-0.15, -0.1) is 0 Å². The van der Waals surface area contributed by atoms with E-state index >= 15 is 0 Å². The maximum atomic E-state index is 12.9. The van der Waals surface area contributed by atoms with E-state index < -0.39 is 0 Å². The molecule has 134 valence electrons. The number of hydrogen-bond acceptors (Lipinski definition) is 2. The maximum Gasteiger partial charge on any atom is 0.228 e. The highest BCUT2D eigenvalue weighted by Crippen LogP contribution is 2.44. The van der Waals surface area contributed by atoms with Gasteiger partial charge in [-0.2, -0.15) is 0 Å². The fourth-order valence-electron chi connectivity index (χ4n) is 4.78. The summed E-state index contributed by atoms with van der Waals surface area (Å²) in [5.74, 6) is 0.353. The third-order valence-electron chi connectivity index (χ3n) is 5.50. The topological polar surface area (TPSA) is 23.6 Å². The molecule has 2 heterocycles. The Bertz CT molecular complexity index is 447. The molecule has 0 N–H and O–H groups in total. The summed E-state index contributed by atoms with van der Waals surface area (Å²) < 4.78 is 0. The second-order valence-electron chi connectivity index (χ2n) is 11.0. The van der Waals surface area contributed by atoms with Crippen molar-refractivity contribution in [1.29, 1.82) is 0 Å². The van der Waals surface area contributed by atoms with Crippen molar-refractivity contribution >= 4 is 5.91 Å². The van der Waals surface area contributed by atoms with Gasteiger partial charge in [0.15, 0.2) is 0 Å². The molecule has 1 spiro atoms. The van der Waals surface area contributed by atoms with Crippen molar-refractivity contribution in [3.8, 4) is 0 Å². The zero-order chi connectivity index (χ0) is 17.7. The number of likely N-dealkylation sites (tertiary alicyclic amines) is 2. The molecule has 23 heavy (non-hydrogen) atoms. The SMILES string of the molecule is CC(C)(C)CC(C)(C)C(=O)N1CC2(CCCN(C(C)(C)C)C2)C1. The number of piperidine rings is 1. The Morgan fingerprint density at radius 3 is 2.00 bits per heavy atom. The molecular formula is C20H38N2O. The van der Waals surface area contributed by atoms with E-state index in [0.717, 1.165) is 26.1 Å². The van der Waals surface area contributed by atoms with E-state index in [1.165, 1.54) is 19.4 Å². The van der Waals surface area contributed by atoms with Crippen LogP contribution in [0.2, 0.25) is 0 Å². The number of rotatable bonds is 2. The highest BCUT2D eigenvalue weighted by molar-refractivity contribution is 5.83. The van der Waals surface area contributed by atoms with Crippen LogP contribution in [0.25, 0.3) is 0 Å². The minimum Gasteiger partial charge on any atom is -0.341 e. The molecule has 3 heteroatoms. The maximum absolute atomic E-state index is 12.9. The van der Waals surface area contributed by atoms with Gasteiger partial charge in [0.2, 0.25) is 5.91 Å². The summed E-state index contributed by atoms with van der Waals surface area (Å²) in [4.78, 5) is 17.7. The molecule has 0 bridgehead atoms. The highest BCUT2D eigenvalue weighted by atomic mass is 16.2. The van der Waals surface area contributed by atoms with Crippen LogP contribution in [0.4, 0.5) is 0 Å². The summed E-state index contributed by atoms with van der Waals surface area (Å²) in [7, 11) is 0. The van der Waals surface area contributed by atoms with Crippen LogP contribution in [0, 0.1) is 16.2 Å². The van der Waals surface area contributed by atoms with Gasteiger partial charge < -0.3 is 4.90 Å². The van der Waals surface area contributed by atoms with Crippen LogP contribution in [0.5, 0.6) is 0 Å². The second-order valence-corrected chi connectivity index (χ2v) is 11.0. The molecule has 1 amide bonds. The Balaban J connectivity index is 1.96. The Morgan fingerprint density at radius 1 is 0.957 bits per heavy atom. The van der Waals surface area contributed by atoms with Gasteiger partial charge in [0.05, 0.1) is 0 Å². The zero-order valence-electron chi connectivity index (χ0n) is 16.8. The standard InChI is InChI=1S/C20H38N2O/c1-17(2,3)12-19(7,8)16(23)21-13-20(14-21)10-9-11-22(15-20)18(4,5)6/h9-15H2,1-8H3. The van der Waals surface area contributed by atoms with Crippen molar-refractivity contribution in [3.05, 3.63) is 0 Å². The zero-order valence-corrected chi connectivity index (χ0v) is 16.8. The third-order valence-corrected chi connectivity index (χ3v) is 5.50. The van der Waals surface area contributed by atoms with Gasteiger partial charge in [-0.3, -0.25) is 9.69 Å². The van der Waals surface area contributed by atoms with E-state index in [4.69, 9.17) is 0 Å². The molecule has 0 radical (unpaired) electrons. The summed E-state index contributed by atoms with van der Waals surface area (Å²) in [6, 6.07) is 0. The average molecular weight is 323 g/mol. The van der Waals surface area contributed by atoms with Crippen LogP contribution >= 0.6 is 0 Å². The molecule has 0 aliphatic carbocycles. The monoisotopic (exact) mass is 322 g/mol. The van der Waals surface area contributed by atoms with Gasteiger partial charge >= 0.3 is 0 Å². The van der Waals surface area contributed by atoms with Crippen LogP contribution < -0.4 is 0 Å². The lowest BCUT2D eigenvalue weighted by Crippen LogP contribution is -2.67. The van der Waals surface area contributed by atoms with E-state index in [2.05, 4.69) is 65.2 Å². The Labute approximate surface area is 143 Å². The predicted molar refractivity (Wildman–Crippen MR) is 97.4 cm³/mol. The normalized spacial score (nSPS) is 23.0. The highest BCUT2D eigenvalue weighted by Gasteiger charge is 2.51. The predicted octanol–water partition coefficient (Wildman–Crippen LogP) is 4.17. The van der Waals surface area contributed by atoms with Crippen LogP contribution in [0.1, 0.15) is 74.7 Å². The summed E-state index contributed by atoms with van der Waals surface area (Å²) in [5, 5.41) is 0. The molecule has 0 aromatic carbocycles. The number of nitrogens with zero attached hydrogens (tertiary/aromatic N) is 2. The Kier molecular flexibility index (Phi) is 4.69. The van der Waals surface area contributed by atoms with Crippen molar-refractivity contribution in [2.24, 2.45) is 16.2 Å². The fourth-order valence-corrected chi connectivity index (χ4v) is 4.78. The van der Waals surface area contributed by atoms with E-state index in [1.54, 1.807) is 0 Å². The fraction of sp³-hybridized carbons (Fsp3) is 0.950. The van der Waals surface area contributed by atoms with E-state index in [0.29, 0.717) is 11.3 Å². The molecule has 0 aromatic heterocycles. The Hall–Kier alpha value is -0.570. The van der Waals surface area contributed by atoms with Crippen LogP contribution in [-0.4, -0.2) is 47.4 Å². The molecule has 2 aliphatic rings. The van der Waals surface area contributed by atoms with Crippen molar-refractivity contribution < 1.29 is 4.79 Å². The van der Waals surface area contributed by atoms with E-state index in [9.17, 15) is 4.79 Å². The van der Waals surface area contributed by atoms with Gasteiger partial charge in [-0.1, -0.05) is 34.6 Å². The van der Waals surface area contributed by atoms with E-state index in [1.807, 2.05) is 0 Å². The van der Waals surface area contributed by atoms with Crippen LogP contribution in [-0.2, 0) is 4.79 Å². The smallest absolute Gasteiger partial charge is 0.228 e. The Morgan fingerprint density at radius 2 is 1.52 bits per heavy atom. The molecule has 2 fully saturated rings. The second kappa shape index (κ2) is 5.75. The van der Waals surface area contributed by atoms with Gasteiger partial charge in [-0.05, 0) is 52.0 Å². The first kappa shape index (κ1) is 18.8. The summed E-state index contributed by atoms with van der Waals surface area (Å²) in [6.07, 6.45) is 3.49. The van der Waals surface area contributed by atoms with Crippen LogP contribution in [0.15, 0.2) is 0 Å². The number of carbonyl (C=O) groups excluding carboxylic acids is 1. The minimum absolute atomic E-state index is 0.190. The summed E-state index contributed by atoms with van der Waals surface area (Å²) >= 11 is 0. The molecule has 0 atom stereocenters. The third kappa shape index (κ3) is 4.29. The van der Waals surface area contributed by atoms with Gasteiger partial charge in [0.1, 0.15) is 0 Å². The minimum atomic E-state index is -0.252. The van der Waals surface area contributed by atoms with Crippen LogP contribution in [0.3, 0.4) is 0 Å². The molecule has 2 saturated heterocycles. The number of amides is 1. The molecule has 2 aliphatic heterocycles. The van der Waals surface area contributed by atoms with Crippen molar-refractivity contribution in [1.82, 2.24) is 9.80 Å². The van der Waals surface area contributed by atoms with Crippen molar-refractivity contribution in [2.75, 3.05) is 26.2 Å². The first-order valence-electron chi connectivity index (χ1n) is 9.29. The first-order chi connectivity index (χ1) is 10.2. The summed E-state index contributed by atoms with van der Waals surface area (Å²) in [5.41, 5.74) is 0.538. The first-order valence-corrected chi connectivity index (χ1v) is 9.29. The molecular weight excluding hydrogens is 284 g/mol. The molecule has 0 aromatic rings. The molecule has 0 unspecified atom stereocenters. The van der Waals surface area contributed by atoms with Gasteiger partial charge in [0.25, 0.3) is 0 Å². The van der Waals surface area contributed by atoms with Gasteiger partial charge in [0, 0.05) is 36.0 Å². The van der Waals surface area contributed by atoms with Crippen molar-refractivity contribution in [2.45, 2.75) is 80.2 Å². The summed E-state index contributed by atoms with van der Waals surface area (Å²) in [6.45, 7) is 22.1. The largest absolute Gasteiger partial charge is 0.341 e. The van der Waals surface area contributed by atoms with Crippen molar-refractivity contribution in [3.63, 3.8) is 0 Å². The quantitative estimate of drug-likeness (QED) is 0.762. The molecule has 0 saturated carbocycles. The number of hydrogen-bond donors (Lipinski definition) is 0. The van der Waals surface area contributed by atoms with E-state index in [-0.39, 0.29) is 16.4 Å². The van der Waals surface area contributed by atoms with Gasteiger partial charge in [-0.25, -0.2) is 0 Å². The average Bonchev–Trinajstić information content (AvgIpc) is 2.31. The lowest BCUT2D eigenvalue weighted by atomic mass is 9.69. The number of carbonyl (C=O) groups is 1. The lowest BCUT2D eigenvalue weighted by Gasteiger charge is -2.58.